The van der Waals surface area contributed by atoms with Crippen molar-refractivity contribution in [2.75, 3.05) is 0 Å². The lowest BCUT2D eigenvalue weighted by molar-refractivity contribution is 1.43. The number of allylic oxidation sites excluding steroid dienone is 5. The Balaban J connectivity index is 3.39. The maximum atomic E-state index is 6.26. The van der Waals surface area contributed by atoms with Gasteiger partial charge in [-0.3, -0.25) is 0 Å². The third-order valence-corrected chi connectivity index (χ3v) is 3.16. The first kappa shape index (κ1) is 14.1. The largest absolute Gasteiger partial charge is 0.0954 e. The molecule has 0 fully saturated rings. The number of hydrogen-bond acceptors (Lipinski definition) is 0. The van der Waals surface area contributed by atoms with Gasteiger partial charge in [0.1, 0.15) is 0 Å². The van der Waals surface area contributed by atoms with Gasteiger partial charge in [0.05, 0.1) is 0 Å². The Kier molecular flexibility index (Phi) is 5.04. The van der Waals surface area contributed by atoms with Gasteiger partial charge in [-0.2, -0.15) is 0 Å². The van der Waals surface area contributed by atoms with Gasteiger partial charge in [-0.1, -0.05) is 48.0 Å². The molecular formula is C15H16Cl2. The monoisotopic (exact) mass is 266 g/mol. The lowest BCUT2D eigenvalue weighted by Crippen LogP contribution is -1.89. The average Bonchev–Trinajstić information content (AvgIpc) is 2.23. The Morgan fingerprint density at radius 3 is 2.47 bits per heavy atom. The van der Waals surface area contributed by atoms with Gasteiger partial charge >= 0.3 is 0 Å². The lowest BCUT2D eigenvalue weighted by atomic mass is 9.98. The summed E-state index contributed by atoms with van der Waals surface area (Å²) in [4.78, 5) is 0. The van der Waals surface area contributed by atoms with Crippen LogP contribution in [0.25, 0.3) is 5.57 Å². The van der Waals surface area contributed by atoms with Crippen molar-refractivity contribution >= 4 is 28.8 Å². The second kappa shape index (κ2) is 6.09. The Morgan fingerprint density at radius 1 is 1.35 bits per heavy atom. The van der Waals surface area contributed by atoms with Crippen LogP contribution in [0.2, 0.25) is 5.02 Å². The van der Waals surface area contributed by atoms with E-state index in [0.29, 0.717) is 5.03 Å². The Morgan fingerprint density at radius 2 is 2.00 bits per heavy atom. The van der Waals surface area contributed by atoms with Crippen molar-refractivity contribution in [2.45, 2.75) is 20.8 Å². The molecule has 0 N–H and O–H groups in total. The second-order valence-electron chi connectivity index (χ2n) is 3.97. The fraction of sp³-hybridized carbons (Fsp3) is 0.200. The molecule has 0 atom stereocenters. The van der Waals surface area contributed by atoms with Crippen molar-refractivity contribution < 1.29 is 0 Å². The minimum atomic E-state index is 0.680. The van der Waals surface area contributed by atoms with E-state index >= 15 is 0 Å². The molecule has 0 saturated heterocycles. The molecule has 1 aromatic rings. The van der Waals surface area contributed by atoms with Gasteiger partial charge in [0, 0.05) is 15.6 Å². The van der Waals surface area contributed by atoms with Crippen molar-refractivity contribution in [3.8, 4) is 0 Å². The van der Waals surface area contributed by atoms with Gasteiger partial charge in [0.2, 0.25) is 0 Å². The summed E-state index contributed by atoms with van der Waals surface area (Å²) >= 11 is 12.4. The highest BCUT2D eigenvalue weighted by Gasteiger charge is 2.08. The van der Waals surface area contributed by atoms with Crippen LogP contribution in [-0.2, 0) is 0 Å². The fourth-order valence-electron chi connectivity index (χ4n) is 1.57. The molecule has 0 unspecified atom stereocenters. The first-order valence-corrected chi connectivity index (χ1v) is 6.17. The van der Waals surface area contributed by atoms with E-state index in [1.165, 1.54) is 0 Å². The molecule has 0 spiro atoms. The zero-order valence-electron chi connectivity index (χ0n) is 10.3. The molecule has 0 saturated carbocycles. The molecule has 1 rings (SSSR count). The highest BCUT2D eigenvalue weighted by molar-refractivity contribution is 6.35. The first-order valence-electron chi connectivity index (χ1n) is 5.42. The third-order valence-electron chi connectivity index (χ3n) is 2.44. The number of rotatable bonds is 3. The number of aryl methyl sites for hydroxylation is 1. The summed E-state index contributed by atoms with van der Waals surface area (Å²) in [5, 5.41) is 1.42. The highest BCUT2D eigenvalue weighted by Crippen LogP contribution is 2.31. The first-order chi connectivity index (χ1) is 7.97. The molecule has 0 bridgehead atoms. The van der Waals surface area contributed by atoms with Crippen molar-refractivity contribution in [1.82, 2.24) is 0 Å². The molecule has 0 aliphatic carbocycles. The summed E-state index contributed by atoms with van der Waals surface area (Å²) in [7, 11) is 0. The predicted molar refractivity (Wildman–Crippen MR) is 78.6 cm³/mol. The molecule has 17 heavy (non-hydrogen) atoms. The van der Waals surface area contributed by atoms with Crippen LogP contribution in [0.4, 0.5) is 0 Å². The standard InChI is InChI=1S/C15H16Cl2/c1-5-6-13(16)15(10(2)3)12-8-7-11(4)14(17)9-12/h5-9H,2H2,1,3-4H3/b6-5-,15-13-. The molecule has 2 heteroatoms. The van der Waals surface area contributed by atoms with E-state index < -0.39 is 0 Å². The minimum absolute atomic E-state index is 0.680. The molecule has 0 amide bonds. The van der Waals surface area contributed by atoms with Gasteiger partial charge in [-0.15, -0.1) is 0 Å². The van der Waals surface area contributed by atoms with Crippen molar-refractivity contribution in [1.29, 1.82) is 0 Å². The van der Waals surface area contributed by atoms with E-state index in [4.69, 9.17) is 23.2 Å². The molecule has 0 heterocycles. The minimum Gasteiger partial charge on any atom is -0.0954 e. The van der Waals surface area contributed by atoms with E-state index in [2.05, 4.69) is 6.58 Å². The molecule has 0 radical (unpaired) electrons. The van der Waals surface area contributed by atoms with Crippen LogP contribution < -0.4 is 0 Å². The SMILES string of the molecule is C=C(C)/C(=C(Cl)\C=C/C)c1ccc(C)c(Cl)c1. The smallest absolute Gasteiger partial charge is 0.0483 e. The van der Waals surface area contributed by atoms with Gasteiger partial charge in [0.25, 0.3) is 0 Å². The third kappa shape index (κ3) is 3.49. The van der Waals surface area contributed by atoms with Gasteiger partial charge in [-0.05, 0) is 49.6 Å². The molecule has 1 aromatic carbocycles. The Labute approximate surface area is 113 Å². The summed E-state index contributed by atoms with van der Waals surface area (Å²) in [6.07, 6.45) is 3.76. The van der Waals surface area contributed by atoms with Crippen LogP contribution in [0.5, 0.6) is 0 Å². The van der Waals surface area contributed by atoms with Crippen LogP contribution in [-0.4, -0.2) is 0 Å². The fourth-order valence-corrected chi connectivity index (χ4v) is 2.14. The van der Waals surface area contributed by atoms with E-state index in [9.17, 15) is 0 Å². The molecular weight excluding hydrogens is 251 g/mol. The number of halogens is 2. The summed E-state index contributed by atoms with van der Waals surface area (Å²) in [6, 6.07) is 5.92. The molecule has 0 aromatic heterocycles. The second-order valence-corrected chi connectivity index (χ2v) is 4.78. The summed E-state index contributed by atoms with van der Waals surface area (Å²) in [5.41, 5.74) is 3.91. The maximum absolute atomic E-state index is 6.26. The number of hydrogen-bond donors (Lipinski definition) is 0. The normalized spacial score (nSPS) is 12.8. The van der Waals surface area contributed by atoms with Crippen LogP contribution in [0, 0.1) is 6.92 Å². The molecule has 0 aliphatic rings. The predicted octanol–water partition coefficient (Wildman–Crippen LogP) is 5.75. The quantitative estimate of drug-likeness (QED) is 0.611. The van der Waals surface area contributed by atoms with Crippen LogP contribution >= 0.6 is 23.2 Å². The van der Waals surface area contributed by atoms with E-state index in [-0.39, 0.29) is 0 Å². The van der Waals surface area contributed by atoms with Gasteiger partial charge < -0.3 is 0 Å². The summed E-state index contributed by atoms with van der Waals surface area (Å²) in [6.45, 7) is 9.81. The van der Waals surface area contributed by atoms with E-state index in [0.717, 1.165) is 27.3 Å². The van der Waals surface area contributed by atoms with Crippen LogP contribution in [0.15, 0.2) is 47.5 Å². The summed E-state index contributed by atoms with van der Waals surface area (Å²) in [5.74, 6) is 0. The zero-order valence-corrected chi connectivity index (χ0v) is 11.9. The van der Waals surface area contributed by atoms with Crippen molar-refractivity contribution in [3.05, 3.63) is 63.7 Å². The Bertz CT molecular complexity index is 494. The van der Waals surface area contributed by atoms with Crippen LogP contribution in [0.3, 0.4) is 0 Å². The maximum Gasteiger partial charge on any atom is 0.0483 e. The topological polar surface area (TPSA) is 0 Å². The summed E-state index contributed by atoms with van der Waals surface area (Å²) < 4.78 is 0. The average molecular weight is 267 g/mol. The van der Waals surface area contributed by atoms with Crippen LogP contribution in [0.1, 0.15) is 25.0 Å². The van der Waals surface area contributed by atoms with E-state index in [1.807, 2.05) is 51.1 Å². The van der Waals surface area contributed by atoms with Gasteiger partial charge in [0.15, 0.2) is 0 Å². The lowest BCUT2D eigenvalue weighted by Gasteiger charge is -2.10. The molecule has 0 nitrogen and oxygen atoms in total. The molecule has 0 aliphatic heterocycles. The number of benzene rings is 1. The Hall–Kier alpha value is -0.980. The zero-order chi connectivity index (χ0) is 13.0. The van der Waals surface area contributed by atoms with E-state index in [1.54, 1.807) is 0 Å². The highest BCUT2D eigenvalue weighted by atomic mass is 35.5. The van der Waals surface area contributed by atoms with Gasteiger partial charge in [-0.25, -0.2) is 0 Å². The van der Waals surface area contributed by atoms with Crippen molar-refractivity contribution in [2.24, 2.45) is 0 Å². The molecule has 90 valence electrons. The van der Waals surface area contributed by atoms with Crippen molar-refractivity contribution in [3.63, 3.8) is 0 Å².